The molecular formula is C15H19NO6. The van der Waals surface area contributed by atoms with Gasteiger partial charge in [0.05, 0.1) is 5.56 Å². The maximum absolute atomic E-state index is 12.4. The molecule has 1 saturated heterocycles. The molecule has 0 radical (unpaired) electrons. The van der Waals surface area contributed by atoms with Crippen LogP contribution in [0.5, 0.6) is 0 Å². The summed E-state index contributed by atoms with van der Waals surface area (Å²) in [6.45, 7) is 5.69. The van der Waals surface area contributed by atoms with Gasteiger partial charge < -0.3 is 19.2 Å². The highest BCUT2D eigenvalue weighted by atomic mass is 16.6. The van der Waals surface area contributed by atoms with Gasteiger partial charge in [0, 0.05) is 12.6 Å². The van der Waals surface area contributed by atoms with Gasteiger partial charge in [-0.05, 0) is 33.6 Å². The van der Waals surface area contributed by atoms with Crippen LogP contribution in [-0.4, -0.2) is 46.0 Å². The minimum absolute atomic E-state index is 0.0899. The smallest absolute Gasteiger partial charge is 0.338 e. The first-order valence-corrected chi connectivity index (χ1v) is 7.05. The van der Waals surface area contributed by atoms with E-state index in [1.54, 1.807) is 20.8 Å². The Morgan fingerprint density at radius 1 is 1.36 bits per heavy atom. The quantitative estimate of drug-likeness (QED) is 0.857. The standard InChI is InChI=1S/C15H19NO6/c1-15(2,3)22-14(20)10-5-4-6-16(10)12(17)11-7-9(8-21-11)13(18)19/h7-8,10H,4-6H2,1-3H3,(H,18,19)/t10-/m1/s1. The van der Waals surface area contributed by atoms with Gasteiger partial charge in [0.15, 0.2) is 5.76 Å². The Balaban J connectivity index is 2.14. The number of aromatic carboxylic acids is 1. The molecule has 7 nitrogen and oxygen atoms in total. The molecule has 22 heavy (non-hydrogen) atoms. The van der Waals surface area contributed by atoms with Crippen molar-refractivity contribution in [3.05, 3.63) is 23.7 Å². The van der Waals surface area contributed by atoms with E-state index >= 15 is 0 Å². The predicted molar refractivity (Wildman–Crippen MR) is 75.6 cm³/mol. The molecule has 1 aromatic heterocycles. The summed E-state index contributed by atoms with van der Waals surface area (Å²) in [5.41, 5.74) is -0.730. The largest absolute Gasteiger partial charge is 0.478 e. The number of furan rings is 1. The predicted octanol–water partition coefficient (Wildman–Crippen LogP) is 1.92. The van der Waals surface area contributed by atoms with Gasteiger partial charge in [0.1, 0.15) is 17.9 Å². The number of rotatable bonds is 3. The van der Waals surface area contributed by atoms with E-state index in [0.717, 1.165) is 12.3 Å². The number of carboxylic acids is 1. The fourth-order valence-electron chi connectivity index (χ4n) is 2.33. The van der Waals surface area contributed by atoms with Crippen LogP contribution in [-0.2, 0) is 9.53 Å². The zero-order valence-corrected chi connectivity index (χ0v) is 12.8. The van der Waals surface area contributed by atoms with E-state index in [2.05, 4.69) is 0 Å². The Bertz CT molecular complexity index is 597. The molecule has 1 aliphatic heterocycles. The minimum Gasteiger partial charge on any atom is -0.478 e. The molecule has 7 heteroatoms. The summed E-state index contributed by atoms with van der Waals surface area (Å²) in [4.78, 5) is 36.8. The van der Waals surface area contributed by atoms with Gasteiger partial charge in [0.25, 0.3) is 5.91 Å². The molecule has 0 bridgehead atoms. The summed E-state index contributed by atoms with van der Waals surface area (Å²) < 4.78 is 10.3. The van der Waals surface area contributed by atoms with Crippen molar-refractivity contribution in [3.63, 3.8) is 0 Å². The van der Waals surface area contributed by atoms with E-state index in [1.807, 2.05) is 0 Å². The molecule has 0 saturated carbocycles. The van der Waals surface area contributed by atoms with Crippen LogP contribution in [0.15, 0.2) is 16.7 Å². The summed E-state index contributed by atoms with van der Waals surface area (Å²) in [5.74, 6) is -2.22. The van der Waals surface area contributed by atoms with Crippen LogP contribution in [0.25, 0.3) is 0 Å². The number of amides is 1. The average molecular weight is 309 g/mol. The van der Waals surface area contributed by atoms with Crippen molar-refractivity contribution in [2.45, 2.75) is 45.3 Å². The van der Waals surface area contributed by atoms with Gasteiger partial charge in [0.2, 0.25) is 0 Å². The summed E-state index contributed by atoms with van der Waals surface area (Å²) in [7, 11) is 0. The number of ether oxygens (including phenoxy) is 1. The highest BCUT2D eigenvalue weighted by Crippen LogP contribution is 2.24. The lowest BCUT2D eigenvalue weighted by Crippen LogP contribution is -2.43. The topological polar surface area (TPSA) is 97.0 Å². The Morgan fingerprint density at radius 2 is 2.05 bits per heavy atom. The van der Waals surface area contributed by atoms with Gasteiger partial charge in [-0.1, -0.05) is 0 Å². The fourth-order valence-corrected chi connectivity index (χ4v) is 2.33. The van der Waals surface area contributed by atoms with E-state index in [-0.39, 0.29) is 11.3 Å². The third-order valence-electron chi connectivity index (χ3n) is 3.25. The van der Waals surface area contributed by atoms with E-state index < -0.39 is 29.5 Å². The van der Waals surface area contributed by atoms with Crippen molar-refractivity contribution in [1.82, 2.24) is 4.90 Å². The molecule has 1 N–H and O–H groups in total. The van der Waals surface area contributed by atoms with Crippen LogP contribution in [0.1, 0.15) is 54.5 Å². The zero-order chi connectivity index (χ0) is 16.5. The molecule has 2 heterocycles. The monoisotopic (exact) mass is 309 g/mol. The fraction of sp³-hybridized carbons (Fsp3) is 0.533. The third kappa shape index (κ3) is 3.47. The molecule has 0 spiro atoms. The number of hydrogen-bond acceptors (Lipinski definition) is 5. The first-order chi connectivity index (χ1) is 10.2. The average Bonchev–Trinajstić information content (AvgIpc) is 3.05. The number of carboxylic acid groups (broad SMARTS) is 1. The second-order valence-corrected chi connectivity index (χ2v) is 6.19. The van der Waals surface area contributed by atoms with E-state index in [9.17, 15) is 14.4 Å². The Labute approximate surface area is 127 Å². The van der Waals surface area contributed by atoms with Crippen molar-refractivity contribution in [2.24, 2.45) is 0 Å². The molecular weight excluding hydrogens is 290 g/mol. The normalized spacial score (nSPS) is 18.3. The second-order valence-electron chi connectivity index (χ2n) is 6.19. The number of likely N-dealkylation sites (tertiary alicyclic amines) is 1. The van der Waals surface area contributed by atoms with E-state index in [4.69, 9.17) is 14.3 Å². The van der Waals surface area contributed by atoms with Gasteiger partial charge in [-0.25, -0.2) is 9.59 Å². The lowest BCUT2D eigenvalue weighted by atomic mass is 10.1. The van der Waals surface area contributed by atoms with Crippen molar-refractivity contribution < 1.29 is 28.6 Å². The van der Waals surface area contributed by atoms with Crippen LogP contribution in [0.3, 0.4) is 0 Å². The maximum Gasteiger partial charge on any atom is 0.338 e. The Morgan fingerprint density at radius 3 is 2.59 bits per heavy atom. The molecule has 1 aromatic rings. The lowest BCUT2D eigenvalue weighted by molar-refractivity contribution is -0.159. The molecule has 120 valence electrons. The highest BCUT2D eigenvalue weighted by molar-refractivity contribution is 5.97. The van der Waals surface area contributed by atoms with Crippen LogP contribution in [0.2, 0.25) is 0 Å². The zero-order valence-electron chi connectivity index (χ0n) is 12.8. The minimum atomic E-state index is -1.17. The number of esters is 1. The molecule has 1 atom stereocenters. The van der Waals surface area contributed by atoms with Crippen molar-refractivity contribution in [3.8, 4) is 0 Å². The molecule has 1 fully saturated rings. The third-order valence-corrected chi connectivity index (χ3v) is 3.25. The van der Waals surface area contributed by atoms with E-state index in [1.165, 1.54) is 4.90 Å². The summed E-state index contributed by atoms with van der Waals surface area (Å²) >= 11 is 0. The van der Waals surface area contributed by atoms with Gasteiger partial charge in [-0.15, -0.1) is 0 Å². The van der Waals surface area contributed by atoms with Crippen LogP contribution < -0.4 is 0 Å². The van der Waals surface area contributed by atoms with Crippen molar-refractivity contribution in [1.29, 1.82) is 0 Å². The molecule has 0 unspecified atom stereocenters. The van der Waals surface area contributed by atoms with Crippen LogP contribution in [0.4, 0.5) is 0 Å². The van der Waals surface area contributed by atoms with E-state index in [0.29, 0.717) is 19.4 Å². The summed E-state index contributed by atoms with van der Waals surface area (Å²) in [6, 6.07) is 0.500. The number of nitrogens with zero attached hydrogens (tertiary/aromatic N) is 1. The molecule has 2 rings (SSSR count). The van der Waals surface area contributed by atoms with Crippen LogP contribution in [0, 0.1) is 0 Å². The van der Waals surface area contributed by atoms with Crippen molar-refractivity contribution >= 4 is 17.8 Å². The first-order valence-electron chi connectivity index (χ1n) is 7.05. The lowest BCUT2D eigenvalue weighted by Gasteiger charge is -2.26. The number of hydrogen-bond donors (Lipinski definition) is 1. The number of carbonyl (C=O) groups is 3. The molecule has 1 amide bonds. The molecule has 1 aliphatic rings. The van der Waals surface area contributed by atoms with Gasteiger partial charge in [-0.2, -0.15) is 0 Å². The molecule has 0 aliphatic carbocycles. The molecule has 0 aromatic carbocycles. The van der Waals surface area contributed by atoms with Crippen molar-refractivity contribution in [2.75, 3.05) is 6.54 Å². The second kappa shape index (κ2) is 5.82. The maximum atomic E-state index is 12.4. The highest BCUT2D eigenvalue weighted by Gasteiger charge is 2.38. The SMILES string of the molecule is CC(C)(C)OC(=O)[C@H]1CCCN1C(=O)c1cc(C(=O)O)co1. The summed E-state index contributed by atoms with van der Waals surface area (Å²) in [5, 5.41) is 8.85. The Hall–Kier alpha value is -2.31. The first kappa shape index (κ1) is 16.1. The number of carbonyl (C=O) groups excluding carboxylic acids is 2. The Kier molecular flexibility index (Phi) is 4.25. The van der Waals surface area contributed by atoms with Crippen LogP contribution >= 0.6 is 0 Å². The summed E-state index contributed by atoms with van der Waals surface area (Å²) in [6.07, 6.45) is 2.21. The van der Waals surface area contributed by atoms with Gasteiger partial charge >= 0.3 is 11.9 Å². The van der Waals surface area contributed by atoms with Gasteiger partial charge in [-0.3, -0.25) is 4.79 Å².